The normalized spacial score (nSPS) is 13.5. The zero-order chi connectivity index (χ0) is 14.5. The Morgan fingerprint density at radius 2 is 2.05 bits per heavy atom. The third-order valence-electron chi connectivity index (χ3n) is 3.03. The van der Waals surface area contributed by atoms with Crippen molar-refractivity contribution >= 4 is 9.84 Å². The highest BCUT2D eigenvalue weighted by Crippen LogP contribution is 2.22. The molecule has 1 aromatic carbocycles. The molecule has 0 fully saturated rings. The zero-order valence-corrected chi connectivity index (χ0v) is 12.6. The van der Waals surface area contributed by atoms with Crippen LogP contribution in [0, 0.1) is 12.7 Å². The van der Waals surface area contributed by atoms with E-state index in [1.165, 1.54) is 18.4 Å². The van der Waals surface area contributed by atoms with Gasteiger partial charge in [-0.1, -0.05) is 13.0 Å². The smallest absolute Gasteiger partial charge is 0.147 e. The summed E-state index contributed by atoms with van der Waals surface area (Å²) >= 11 is 0. The highest BCUT2D eigenvalue weighted by atomic mass is 32.2. The summed E-state index contributed by atoms with van der Waals surface area (Å²) in [7, 11) is -3.01. The van der Waals surface area contributed by atoms with Crippen molar-refractivity contribution < 1.29 is 12.8 Å². The van der Waals surface area contributed by atoms with E-state index in [1.54, 1.807) is 6.07 Å². The predicted molar refractivity (Wildman–Crippen MR) is 76.5 cm³/mol. The van der Waals surface area contributed by atoms with Gasteiger partial charge < -0.3 is 5.32 Å². The molecular weight excluding hydrogens is 265 g/mol. The SMILES string of the molecule is CCCNC(CCS(C)(=O)=O)c1cc(F)ccc1C. The summed E-state index contributed by atoms with van der Waals surface area (Å²) in [4.78, 5) is 0. The van der Waals surface area contributed by atoms with Crippen LogP contribution in [0.5, 0.6) is 0 Å². The highest BCUT2D eigenvalue weighted by Gasteiger charge is 2.16. The summed E-state index contributed by atoms with van der Waals surface area (Å²) in [5.74, 6) is -0.187. The van der Waals surface area contributed by atoms with Gasteiger partial charge in [0.05, 0.1) is 5.75 Å². The van der Waals surface area contributed by atoms with E-state index >= 15 is 0 Å². The lowest BCUT2D eigenvalue weighted by atomic mass is 9.99. The predicted octanol–water partition coefficient (Wildman–Crippen LogP) is 2.61. The molecule has 0 radical (unpaired) electrons. The van der Waals surface area contributed by atoms with Crippen LogP contribution in [0.25, 0.3) is 0 Å². The molecule has 1 N–H and O–H groups in total. The molecule has 0 aliphatic heterocycles. The summed E-state index contributed by atoms with van der Waals surface area (Å²) in [6.07, 6.45) is 2.63. The molecule has 0 aromatic heterocycles. The molecule has 1 rings (SSSR count). The maximum Gasteiger partial charge on any atom is 0.147 e. The Labute approximate surface area is 115 Å². The average Bonchev–Trinajstić information content (AvgIpc) is 2.32. The standard InChI is InChI=1S/C14H22FNO2S/c1-4-8-16-14(7-9-19(3,17)18)13-10-12(15)6-5-11(13)2/h5-6,10,14,16H,4,7-9H2,1-3H3. The van der Waals surface area contributed by atoms with Crippen molar-refractivity contribution in [3.63, 3.8) is 0 Å². The lowest BCUT2D eigenvalue weighted by molar-refractivity contribution is 0.508. The second kappa shape index (κ2) is 7.01. The van der Waals surface area contributed by atoms with Gasteiger partial charge in [0.15, 0.2) is 0 Å². The Kier molecular flexibility index (Phi) is 5.94. The maximum absolute atomic E-state index is 13.4. The molecule has 3 nitrogen and oxygen atoms in total. The highest BCUT2D eigenvalue weighted by molar-refractivity contribution is 7.90. The van der Waals surface area contributed by atoms with Crippen molar-refractivity contribution in [2.24, 2.45) is 0 Å². The molecular formula is C14H22FNO2S. The molecule has 1 unspecified atom stereocenters. The van der Waals surface area contributed by atoms with Crippen molar-refractivity contribution in [2.45, 2.75) is 32.7 Å². The number of halogens is 1. The largest absolute Gasteiger partial charge is 0.310 e. The van der Waals surface area contributed by atoms with Gasteiger partial charge in [-0.3, -0.25) is 0 Å². The number of aryl methyl sites for hydroxylation is 1. The first kappa shape index (κ1) is 16.1. The quantitative estimate of drug-likeness (QED) is 0.838. The summed E-state index contributed by atoms with van der Waals surface area (Å²) in [5.41, 5.74) is 1.82. The average molecular weight is 287 g/mol. The first-order valence-corrected chi connectivity index (χ1v) is 8.56. The molecule has 1 aromatic rings. The van der Waals surface area contributed by atoms with E-state index in [1.807, 2.05) is 13.8 Å². The third-order valence-corrected chi connectivity index (χ3v) is 4.01. The van der Waals surface area contributed by atoms with Gasteiger partial charge in [0, 0.05) is 12.3 Å². The van der Waals surface area contributed by atoms with Gasteiger partial charge in [-0.05, 0) is 49.6 Å². The lowest BCUT2D eigenvalue weighted by Crippen LogP contribution is -2.25. The Bertz CT molecular complexity index is 514. The number of benzene rings is 1. The van der Waals surface area contributed by atoms with E-state index in [4.69, 9.17) is 0 Å². The molecule has 19 heavy (non-hydrogen) atoms. The van der Waals surface area contributed by atoms with Crippen LogP contribution in [0.4, 0.5) is 4.39 Å². The second-order valence-corrected chi connectivity index (χ2v) is 7.19. The lowest BCUT2D eigenvalue weighted by Gasteiger charge is -2.20. The van der Waals surface area contributed by atoms with Crippen molar-refractivity contribution in [1.29, 1.82) is 0 Å². The van der Waals surface area contributed by atoms with Crippen molar-refractivity contribution in [1.82, 2.24) is 5.32 Å². The van der Waals surface area contributed by atoms with E-state index in [-0.39, 0.29) is 17.6 Å². The third kappa shape index (κ3) is 5.70. The number of sulfone groups is 1. The fourth-order valence-corrected chi connectivity index (χ4v) is 2.67. The van der Waals surface area contributed by atoms with Crippen LogP contribution in [0.15, 0.2) is 18.2 Å². The minimum atomic E-state index is -3.01. The van der Waals surface area contributed by atoms with E-state index < -0.39 is 9.84 Å². The Balaban J connectivity index is 2.91. The minimum Gasteiger partial charge on any atom is -0.310 e. The van der Waals surface area contributed by atoms with Crippen molar-refractivity contribution in [3.8, 4) is 0 Å². The van der Waals surface area contributed by atoms with Gasteiger partial charge in [-0.25, -0.2) is 12.8 Å². The monoisotopic (exact) mass is 287 g/mol. The van der Waals surface area contributed by atoms with Gasteiger partial charge in [-0.15, -0.1) is 0 Å². The number of hydrogen-bond donors (Lipinski definition) is 1. The van der Waals surface area contributed by atoms with Gasteiger partial charge in [0.25, 0.3) is 0 Å². The van der Waals surface area contributed by atoms with Crippen LogP contribution in [-0.4, -0.2) is 27.0 Å². The Morgan fingerprint density at radius 1 is 1.37 bits per heavy atom. The van der Waals surface area contributed by atoms with Crippen LogP contribution >= 0.6 is 0 Å². The summed E-state index contributed by atoms with van der Waals surface area (Å²) in [6.45, 7) is 4.74. The summed E-state index contributed by atoms with van der Waals surface area (Å²) < 4.78 is 35.9. The topological polar surface area (TPSA) is 46.2 Å². The van der Waals surface area contributed by atoms with Crippen LogP contribution in [0.2, 0.25) is 0 Å². The van der Waals surface area contributed by atoms with Crippen molar-refractivity contribution in [2.75, 3.05) is 18.6 Å². The van der Waals surface area contributed by atoms with Gasteiger partial charge in [-0.2, -0.15) is 0 Å². The number of nitrogens with one attached hydrogen (secondary N) is 1. The van der Waals surface area contributed by atoms with Crippen LogP contribution in [0.3, 0.4) is 0 Å². The van der Waals surface area contributed by atoms with Gasteiger partial charge in [0.2, 0.25) is 0 Å². The Morgan fingerprint density at radius 3 is 2.63 bits per heavy atom. The first-order valence-electron chi connectivity index (χ1n) is 6.50. The van der Waals surface area contributed by atoms with E-state index in [0.717, 1.165) is 24.1 Å². The van der Waals surface area contributed by atoms with Gasteiger partial charge in [0.1, 0.15) is 15.7 Å². The van der Waals surface area contributed by atoms with E-state index in [0.29, 0.717) is 6.42 Å². The molecule has 0 aliphatic carbocycles. The van der Waals surface area contributed by atoms with Crippen LogP contribution < -0.4 is 5.32 Å². The fraction of sp³-hybridized carbons (Fsp3) is 0.571. The molecule has 0 amide bonds. The van der Waals surface area contributed by atoms with Crippen molar-refractivity contribution in [3.05, 3.63) is 35.1 Å². The molecule has 0 saturated heterocycles. The summed E-state index contributed by atoms with van der Waals surface area (Å²) in [5, 5.41) is 3.30. The second-order valence-electron chi connectivity index (χ2n) is 4.93. The molecule has 5 heteroatoms. The van der Waals surface area contributed by atoms with Crippen LogP contribution in [-0.2, 0) is 9.84 Å². The molecule has 108 valence electrons. The molecule has 1 atom stereocenters. The fourth-order valence-electron chi connectivity index (χ4n) is 2.00. The molecule has 0 saturated carbocycles. The Hall–Kier alpha value is -0.940. The summed E-state index contributed by atoms with van der Waals surface area (Å²) in [6, 6.07) is 4.52. The molecule has 0 spiro atoms. The van der Waals surface area contributed by atoms with E-state index in [9.17, 15) is 12.8 Å². The first-order chi connectivity index (χ1) is 8.83. The number of rotatable bonds is 7. The van der Waals surface area contributed by atoms with E-state index in [2.05, 4.69) is 5.32 Å². The molecule has 0 bridgehead atoms. The van der Waals surface area contributed by atoms with Gasteiger partial charge >= 0.3 is 0 Å². The molecule has 0 aliphatic rings. The maximum atomic E-state index is 13.4. The minimum absolute atomic E-state index is 0.102. The zero-order valence-electron chi connectivity index (χ0n) is 11.7. The molecule has 0 heterocycles. The number of hydrogen-bond acceptors (Lipinski definition) is 3. The van der Waals surface area contributed by atoms with Crippen LogP contribution in [0.1, 0.15) is 36.9 Å².